The molecule has 0 aliphatic carbocycles. The summed E-state index contributed by atoms with van der Waals surface area (Å²) in [6.45, 7) is 6.99. The maximum atomic E-state index is 13.6. The van der Waals surface area contributed by atoms with Gasteiger partial charge in [-0.05, 0) is 56.0 Å². The number of carbonyl (C=O) groups is 2. The van der Waals surface area contributed by atoms with Crippen LogP contribution in [0.1, 0.15) is 29.2 Å². The third kappa shape index (κ3) is 6.11. The van der Waals surface area contributed by atoms with E-state index in [0.29, 0.717) is 5.69 Å². The van der Waals surface area contributed by atoms with Gasteiger partial charge in [0, 0.05) is 27.7 Å². The van der Waals surface area contributed by atoms with Crippen LogP contribution in [0.15, 0.2) is 42.5 Å². The molecule has 0 fully saturated rings. The van der Waals surface area contributed by atoms with Gasteiger partial charge in [-0.15, -0.1) is 0 Å². The second-order valence-electron chi connectivity index (χ2n) is 8.33. The zero-order valence-electron chi connectivity index (χ0n) is 20.4. The van der Waals surface area contributed by atoms with Crippen molar-refractivity contribution in [2.75, 3.05) is 32.0 Å². The minimum absolute atomic E-state index is 0.183. The summed E-state index contributed by atoms with van der Waals surface area (Å²) < 4.78 is 28.6. The number of hydrogen-bond donors (Lipinski definition) is 1. The molecule has 0 aliphatic heterocycles. The highest BCUT2D eigenvalue weighted by Crippen LogP contribution is 2.26. The van der Waals surface area contributed by atoms with Crippen molar-refractivity contribution in [1.29, 1.82) is 0 Å². The predicted octanol–water partition coefficient (Wildman–Crippen LogP) is 2.39. The van der Waals surface area contributed by atoms with Crippen molar-refractivity contribution in [3.63, 3.8) is 0 Å². The molecule has 180 valence electrons. The number of nitrogens with zero attached hydrogens (tertiary/aromatic N) is 3. The number of hydrogen-bond acceptors (Lipinski definition) is 4. The first-order chi connectivity index (χ1) is 15.4. The molecule has 0 spiro atoms. The van der Waals surface area contributed by atoms with Crippen molar-refractivity contribution >= 4 is 27.7 Å². The minimum atomic E-state index is -3.97. The number of rotatable bonds is 9. The van der Waals surface area contributed by atoms with Crippen LogP contribution in [-0.2, 0) is 26.3 Å². The van der Waals surface area contributed by atoms with Crippen molar-refractivity contribution in [2.24, 2.45) is 0 Å². The molecule has 8 nitrogen and oxygen atoms in total. The molecule has 0 aromatic heterocycles. The van der Waals surface area contributed by atoms with E-state index in [1.165, 1.54) is 26.0 Å². The first kappa shape index (κ1) is 26.3. The molecule has 1 N–H and O–H groups in total. The summed E-state index contributed by atoms with van der Waals surface area (Å²) in [5.41, 5.74) is 3.89. The molecule has 33 heavy (non-hydrogen) atoms. The number of aryl methyl sites for hydroxylation is 3. The normalized spacial score (nSPS) is 12.4. The Morgan fingerprint density at radius 2 is 1.64 bits per heavy atom. The van der Waals surface area contributed by atoms with Crippen molar-refractivity contribution < 1.29 is 18.0 Å². The van der Waals surface area contributed by atoms with Gasteiger partial charge in [0.15, 0.2) is 0 Å². The molecule has 2 amide bonds. The van der Waals surface area contributed by atoms with Crippen LogP contribution < -0.4 is 9.62 Å². The van der Waals surface area contributed by atoms with Gasteiger partial charge in [0.05, 0.1) is 5.69 Å². The molecule has 0 aliphatic rings. The van der Waals surface area contributed by atoms with Crippen LogP contribution in [0.2, 0.25) is 0 Å². The Balaban J connectivity index is 2.52. The van der Waals surface area contributed by atoms with Gasteiger partial charge in [-0.25, -0.2) is 4.31 Å². The van der Waals surface area contributed by atoms with Crippen molar-refractivity contribution in [2.45, 2.75) is 40.3 Å². The Morgan fingerprint density at radius 1 is 1.00 bits per heavy atom. The topological polar surface area (TPSA) is 90.0 Å². The molecule has 0 heterocycles. The number of nitrogens with one attached hydrogen (secondary N) is 1. The van der Waals surface area contributed by atoms with Crippen LogP contribution in [0.5, 0.6) is 0 Å². The SMILES string of the molecule is CNC(=O)[C@H](C)N(Cc1ccccc1C)C(=O)CN(c1cc(C)ccc1C)S(=O)(=O)N(C)C. The predicted molar refractivity (Wildman–Crippen MR) is 131 cm³/mol. The number of anilines is 1. The van der Waals surface area contributed by atoms with E-state index in [4.69, 9.17) is 0 Å². The first-order valence-electron chi connectivity index (χ1n) is 10.7. The monoisotopic (exact) mass is 474 g/mol. The highest BCUT2D eigenvalue weighted by atomic mass is 32.2. The molecule has 9 heteroatoms. The van der Waals surface area contributed by atoms with Gasteiger partial charge in [0.1, 0.15) is 12.6 Å². The lowest BCUT2D eigenvalue weighted by Gasteiger charge is -2.33. The number of carbonyl (C=O) groups excluding carboxylic acids is 2. The Labute approximate surface area is 197 Å². The summed E-state index contributed by atoms with van der Waals surface area (Å²) in [4.78, 5) is 27.5. The standard InChI is InChI=1S/C24H34N4O4S/c1-17-12-13-19(3)22(14-17)28(33(31,32)26(6)7)16-23(29)27(20(4)24(30)25-5)15-21-11-9-8-10-18(21)2/h8-14,20H,15-16H2,1-7H3,(H,25,30)/t20-/m0/s1. The van der Waals surface area contributed by atoms with Gasteiger partial charge in [-0.3, -0.25) is 9.59 Å². The van der Waals surface area contributed by atoms with E-state index in [0.717, 1.165) is 30.9 Å². The number of benzene rings is 2. The quantitative estimate of drug-likeness (QED) is 0.604. The van der Waals surface area contributed by atoms with Gasteiger partial charge in [-0.1, -0.05) is 36.4 Å². The lowest BCUT2D eigenvalue weighted by Crippen LogP contribution is -2.52. The van der Waals surface area contributed by atoms with E-state index in [-0.39, 0.29) is 12.5 Å². The summed E-state index contributed by atoms with van der Waals surface area (Å²) >= 11 is 0. The fourth-order valence-electron chi connectivity index (χ4n) is 3.45. The van der Waals surface area contributed by atoms with E-state index >= 15 is 0 Å². The van der Waals surface area contributed by atoms with E-state index in [1.807, 2.05) is 50.2 Å². The Morgan fingerprint density at radius 3 is 2.21 bits per heavy atom. The van der Waals surface area contributed by atoms with Crippen molar-refractivity contribution in [1.82, 2.24) is 14.5 Å². The molecule has 0 radical (unpaired) electrons. The molecular weight excluding hydrogens is 440 g/mol. The summed E-state index contributed by atoms with van der Waals surface area (Å²) in [6, 6.07) is 12.3. The zero-order valence-corrected chi connectivity index (χ0v) is 21.2. The minimum Gasteiger partial charge on any atom is -0.357 e. The average Bonchev–Trinajstić information content (AvgIpc) is 2.77. The van der Waals surface area contributed by atoms with Crippen LogP contribution in [0.3, 0.4) is 0 Å². The second-order valence-corrected chi connectivity index (χ2v) is 10.4. The Kier molecular flexibility index (Phi) is 8.63. The van der Waals surface area contributed by atoms with Crippen LogP contribution in [0, 0.1) is 20.8 Å². The lowest BCUT2D eigenvalue weighted by molar-refractivity contribution is -0.139. The largest absolute Gasteiger partial charge is 0.357 e. The van der Waals surface area contributed by atoms with Crippen molar-refractivity contribution in [3.8, 4) is 0 Å². The highest BCUT2D eigenvalue weighted by Gasteiger charge is 2.33. The van der Waals surface area contributed by atoms with Crippen LogP contribution in [0.4, 0.5) is 5.69 Å². The summed E-state index contributed by atoms with van der Waals surface area (Å²) in [5.74, 6) is -0.800. The molecule has 2 aromatic rings. The third-order valence-corrected chi connectivity index (χ3v) is 7.47. The van der Waals surface area contributed by atoms with Gasteiger partial charge in [-0.2, -0.15) is 12.7 Å². The third-order valence-electron chi connectivity index (χ3n) is 5.67. The van der Waals surface area contributed by atoms with Gasteiger partial charge < -0.3 is 10.2 Å². The molecule has 0 saturated carbocycles. The van der Waals surface area contributed by atoms with Crippen LogP contribution >= 0.6 is 0 Å². The number of amides is 2. The number of likely N-dealkylation sites (N-methyl/N-ethyl adjacent to an activating group) is 1. The molecule has 0 unspecified atom stereocenters. The van der Waals surface area contributed by atoms with Crippen LogP contribution in [0.25, 0.3) is 0 Å². The summed E-state index contributed by atoms with van der Waals surface area (Å²) in [5, 5.41) is 2.58. The molecule has 0 saturated heterocycles. The second kappa shape index (κ2) is 10.8. The van der Waals surface area contributed by atoms with Gasteiger partial charge in [0.25, 0.3) is 0 Å². The smallest absolute Gasteiger partial charge is 0.304 e. The van der Waals surface area contributed by atoms with Crippen LogP contribution in [-0.4, -0.2) is 63.2 Å². The summed E-state index contributed by atoms with van der Waals surface area (Å²) in [6.07, 6.45) is 0. The molecular formula is C24H34N4O4S. The first-order valence-corrected chi connectivity index (χ1v) is 12.1. The maximum absolute atomic E-state index is 13.6. The maximum Gasteiger partial charge on any atom is 0.304 e. The Hall–Kier alpha value is -2.91. The highest BCUT2D eigenvalue weighted by molar-refractivity contribution is 7.90. The fourth-order valence-corrected chi connectivity index (χ4v) is 4.57. The Bertz CT molecular complexity index is 1120. The fraction of sp³-hybridized carbons (Fsp3) is 0.417. The molecule has 1 atom stereocenters. The zero-order chi connectivity index (χ0) is 24.9. The molecule has 2 aromatic carbocycles. The molecule has 0 bridgehead atoms. The van der Waals surface area contributed by atoms with Gasteiger partial charge >= 0.3 is 10.2 Å². The molecule has 2 rings (SSSR count). The van der Waals surface area contributed by atoms with E-state index in [1.54, 1.807) is 19.9 Å². The van der Waals surface area contributed by atoms with Crippen molar-refractivity contribution in [3.05, 3.63) is 64.7 Å². The van der Waals surface area contributed by atoms with E-state index < -0.39 is 28.7 Å². The van der Waals surface area contributed by atoms with E-state index in [9.17, 15) is 18.0 Å². The lowest BCUT2D eigenvalue weighted by atomic mass is 10.1. The van der Waals surface area contributed by atoms with Gasteiger partial charge in [0.2, 0.25) is 11.8 Å². The average molecular weight is 475 g/mol. The summed E-state index contributed by atoms with van der Waals surface area (Å²) in [7, 11) is 0.388. The van der Waals surface area contributed by atoms with E-state index in [2.05, 4.69) is 5.32 Å².